The second-order valence-electron chi connectivity index (χ2n) is 5.23. The Morgan fingerprint density at radius 1 is 1.45 bits per heavy atom. The van der Waals surface area contributed by atoms with Gasteiger partial charge in [-0.25, -0.2) is 0 Å². The van der Waals surface area contributed by atoms with Gasteiger partial charge in [0.05, 0.1) is 17.5 Å². The first kappa shape index (κ1) is 15.7. The number of rotatable bonds is 5. The molecule has 116 valence electrons. The molecule has 0 aliphatic heterocycles. The van der Waals surface area contributed by atoms with E-state index in [1.165, 1.54) is 6.07 Å². The number of anilines is 1. The van der Waals surface area contributed by atoms with Crippen LogP contribution in [0.1, 0.15) is 25.7 Å². The molecule has 1 aromatic carbocycles. The van der Waals surface area contributed by atoms with Gasteiger partial charge >= 0.3 is 5.69 Å². The van der Waals surface area contributed by atoms with Gasteiger partial charge in [-0.2, -0.15) is 9.65 Å². The van der Waals surface area contributed by atoms with Crippen molar-refractivity contribution in [3.8, 4) is 6.07 Å². The number of nitrogens with one attached hydrogen (secondary N) is 2. The Labute approximate surface area is 126 Å². The maximum atomic E-state index is 13.2. The molecule has 0 saturated heterocycles. The number of carbonyl (C=O) groups is 1. The monoisotopic (exact) mass is 306 g/mol. The maximum Gasteiger partial charge on any atom is 0.306 e. The molecule has 0 unspecified atom stereocenters. The first-order valence-electron chi connectivity index (χ1n) is 6.86. The minimum atomic E-state index is -0.936. The van der Waals surface area contributed by atoms with Crippen molar-refractivity contribution >= 4 is 17.3 Å². The molecule has 1 fully saturated rings. The van der Waals surface area contributed by atoms with Crippen LogP contribution in [-0.4, -0.2) is 22.9 Å². The van der Waals surface area contributed by atoms with Gasteiger partial charge in [-0.15, -0.1) is 0 Å². The molecule has 1 amide bonds. The van der Waals surface area contributed by atoms with Gasteiger partial charge in [-0.1, -0.05) is 0 Å². The van der Waals surface area contributed by atoms with Gasteiger partial charge in [0.25, 0.3) is 0 Å². The van der Waals surface area contributed by atoms with E-state index in [0.717, 1.165) is 25.0 Å². The first-order valence-corrected chi connectivity index (χ1v) is 6.86. The van der Waals surface area contributed by atoms with E-state index in [0.29, 0.717) is 12.8 Å². The predicted octanol–water partition coefficient (Wildman–Crippen LogP) is 2.10. The van der Waals surface area contributed by atoms with Gasteiger partial charge < -0.3 is 10.6 Å². The molecule has 0 atom stereocenters. The second kappa shape index (κ2) is 6.39. The van der Waals surface area contributed by atoms with Crippen LogP contribution in [0.2, 0.25) is 0 Å². The van der Waals surface area contributed by atoms with E-state index in [2.05, 4.69) is 16.7 Å². The number of nitrogens with zero attached hydrogens (tertiary/aromatic N) is 2. The summed E-state index contributed by atoms with van der Waals surface area (Å²) in [5.41, 5.74) is -1.21. The van der Waals surface area contributed by atoms with E-state index in [1.807, 2.05) is 0 Å². The molecule has 1 saturated carbocycles. The van der Waals surface area contributed by atoms with Gasteiger partial charge in [0, 0.05) is 11.8 Å². The average Bonchev–Trinajstić information content (AvgIpc) is 2.95. The number of amides is 1. The zero-order chi connectivity index (χ0) is 16.2. The minimum Gasteiger partial charge on any atom is -0.376 e. The standard InChI is InChI=1S/C14H15FN4O3/c15-11-4-3-10(7-12(11)19(21)22)17-8-13(20)18-14(9-16)5-1-2-6-14/h3-4,7,17H,1-2,5-6,8H2,(H,18,20). The van der Waals surface area contributed by atoms with Crippen molar-refractivity contribution in [3.63, 3.8) is 0 Å². The number of nitriles is 1. The highest BCUT2D eigenvalue weighted by Crippen LogP contribution is 2.28. The van der Waals surface area contributed by atoms with Gasteiger partial charge in [-0.05, 0) is 37.8 Å². The molecule has 1 aromatic rings. The molecule has 7 nitrogen and oxygen atoms in total. The highest BCUT2D eigenvalue weighted by molar-refractivity contribution is 5.82. The molecule has 1 aliphatic rings. The smallest absolute Gasteiger partial charge is 0.306 e. The normalized spacial score (nSPS) is 15.8. The second-order valence-corrected chi connectivity index (χ2v) is 5.23. The van der Waals surface area contributed by atoms with Crippen molar-refractivity contribution in [1.82, 2.24) is 5.32 Å². The average molecular weight is 306 g/mol. The molecule has 2 N–H and O–H groups in total. The summed E-state index contributed by atoms with van der Waals surface area (Å²) in [6, 6.07) is 5.44. The summed E-state index contributed by atoms with van der Waals surface area (Å²) in [5.74, 6) is -1.31. The third-order valence-electron chi connectivity index (χ3n) is 3.65. The Morgan fingerprint density at radius 3 is 2.73 bits per heavy atom. The number of hydrogen-bond donors (Lipinski definition) is 2. The van der Waals surface area contributed by atoms with Crippen molar-refractivity contribution < 1.29 is 14.1 Å². The molecular weight excluding hydrogens is 291 g/mol. The Hall–Kier alpha value is -2.69. The van der Waals surface area contributed by atoms with Gasteiger partial charge in [-0.3, -0.25) is 14.9 Å². The quantitative estimate of drug-likeness (QED) is 0.639. The summed E-state index contributed by atoms with van der Waals surface area (Å²) in [4.78, 5) is 21.7. The Bertz CT molecular complexity index is 635. The van der Waals surface area contributed by atoms with Crippen LogP contribution in [0.15, 0.2) is 18.2 Å². The number of benzene rings is 1. The molecular formula is C14H15FN4O3. The Balaban J connectivity index is 1.95. The number of carbonyl (C=O) groups excluding carboxylic acids is 1. The van der Waals surface area contributed by atoms with Crippen molar-refractivity contribution in [2.75, 3.05) is 11.9 Å². The van der Waals surface area contributed by atoms with E-state index in [4.69, 9.17) is 0 Å². The summed E-state index contributed by atoms with van der Waals surface area (Å²) >= 11 is 0. The van der Waals surface area contributed by atoms with E-state index in [1.54, 1.807) is 0 Å². The fraction of sp³-hybridized carbons (Fsp3) is 0.429. The van der Waals surface area contributed by atoms with Crippen LogP contribution in [0.25, 0.3) is 0 Å². The number of nitro groups is 1. The first-order chi connectivity index (χ1) is 10.5. The lowest BCUT2D eigenvalue weighted by Gasteiger charge is -2.22. The van der Waals surface area contributed by atoms with E-state index in [9.17, 15) is 24.6 Å². The van der Waals surface area contributed by atoms with Crippen LogP contribution in [0.3, 0.4) is 0 Å². The van der Waals surface area contributed by atoms with Crippen LogP contribution >= 0.6 is 0 Å². The van der Waals surface area contributed by atoms with Crippen molar-refractivity contribution in [3.05, 3.63) is 34.1 Å². The van der Waals surface area contributed by atoms with E-state index in [-0.39, 0.29) is 18.1 Å². The third kappa shape index (κ3) is 3.49. The van der Waals surface area contributed by atoms with Crippen LogP contribution in [-0.2, 0) is 4.79 Å². The summed E-state index contributed by atoms with van der Waals surface area (Å²) < 4.78 is 13.2. The summed E-state index contributed by atoms with van der Waals surface area (Å²) in [6.07, 6.45) is 3.03. The molecule has 1 aliphatic carbocycles. The molecule has 0 heterocycles. The molecule has 8 heteroatoms. The number of hydrogen-bond acceptors (Lipinski definition) is 5. The van der Waals surface area contributed by atoms with Crippen molar-refractivity contribution in [2.24, 2.45) is 0 Å². The third-order valence-corrected chi connectivity index (χ3v) is 3.65. The lowest BCUT2D eigenvalue weighted by Crippen LogP contribution is -2.47. The van der Waals surface area contributed by atoms with Gasteiger partial charge in [0.2, 0.25) is 11.7 Å². The number of halogens is 1. The predicted molar refractivity (Wildman–Crippen MR) is 76.5 cm³/mol. The summed E-state index contributed by atoms with van der Waals surface area (Å²) in [7, 11) is 0. The zero-order valence-corrected chi connectivity index (χ0v) is 11.8. The van der Waals surface area contributed by atoms with Crippen LogP contribution in [0.4, 0.5) is 15.8 Å². The Morgan fingerprint density at radius 2 is 2.14 bits per heavy atom. The SMILES string of the molecule is N#CC1(NC(=O)CNc2ccc(F)c([N+](=O)[O-])c2)CCCC1. The molecule has 0 spiro atoms. The van der Waals surface area contributed by atoms with Crippen molar-refractivity contribution in [1.29, 1.82) is 5.26 Å². The summed E-state index contributed by atoms with van der Waals surface area (Å²) in [5, 5.41) is 25.2. The van der Waals surface area contributed by atoms with Crippen LogP contribution in [0.5, 0.6) is 0 Å². The van der Waals surface area contributed by atoms with Crippen molar-refractivity contribution in [2.45, 2.75) is 31.2 Å². The molecule has 0 aromatic heterocycles. The largest absolute Gasteiger partial charge is 0.376 e. The van der Waals surface area contributed by atoms with E-state index >= 15 is 0 Å². The molecule has 22 heavy (non-hydrogen) atoms. The lowest BCUT2D eigenvalue weighted by molar-refractivity contribution is -0.387. The highest BCUT2D eigenvalue weighted by atomic mass is 19.1. The molecule has 0 bridgehead atoms. The number of nitro benzene ring substituents is 1. The maximum absolute atomic E-state index is 13.2. The topological polar surface area (TPSA) is 108 Å². The van der Waals surface area contributed by atoms with E-state index < -0.39 is 22.0 Å². The fourth-order valence-corrected chi connectivity index (χ4v) is 2.50. The van der Waals surface area contributed by atoms with Gasteiger partial charge in [0.1, 0.15) is 5.54 Å². The molecule has 2 rings (SSSR count). The van der Waals surface area contributed by atoms with Gasteiger partial charge in [0.15, 0.2) is 0 Å². The molecule has 0 radical (unpaired) electrons. The highest BCUT2D eigenvalue weighted by Gasteiger charge is 2.35. The lowest BCUT2D eigenvalue weighted by atomic mass is 10.00. The van der Waals surface area contributed by atoms with Crippen LogP contribution < -0.4 is 10.6 Å². The van der Waals surface area contributed by atoms with Crippen LogP contribution in [0, 0.1) is 27.3 Å². The Kier molecular flexibility index (Phi) is 4.56. The fourth-order valence-electron chi connectivity index (χ4n) is 2.50. The summed E-state index contributed by atoms with van der Waals surface area (Å²) in [6.45, 7) is -0.147. The minimum absolute atomic E-state index is 0.147. The zero-order valence-electron chi connectivity index (χ0n) is 11.8.